The van der Waals surface area contributed by atoms with Crippen molar-refractivity contribution in [2.24, 2.45) is 0 Å². The molecule has 2 aromatic carbocycles. The molecule has 0 saturated heterocycles. The van der Waals surface area contributed by atoms with Crippen molar-refractivity contribution >= 4 is 45.0 Å². The van der Waals surface area contributed by atoms with Gasteiger partial charge in [0.25, 0.3) is 10.1 Å². The van der Waals surface area contributed by atoms with E-state index >= 15 is 0 Å². The highest BCUT2D eigenvalue weighted by Gasteiger charge is 2.14. The fourth-order valence-corrected chi connectivity index (χ4v) is 3.24. The molecule has 3 rings (SSSR count). The van der Waals surface area contributed by atoms with Crippen molar-refractivity contribution in [3.05, 3.63) is 58.9 Å². The summed E-state index contributed by atoms with van der Waals surface area (Å²) in [7, 11) is -4.27. The summed E-state index contributed by atoms with van der Waals surface area (Å²) >= 11 is 5.97. The Morgan fingerprint density at radius 1 is 0.889 bits per heavy atom. The smallest absolute Gasteiger partial charge is 0.294 e. The lowest BCUT2D eigenvalue weighted by molar-refractivity contribution is 0.482. The Morgan fingerprint density at radius 3 is 2.00 bits per heavy atom. The van der Waals surface area contributed by atoms with Gasteiger partial charge in [-0.05, 0) is 61.3 Å². The molecule has 0 saturated carbocycles. The van der Waals surface area contributed by atoms with Gasteiger partial charge in [-0.2, -0.15) is 23.4 Å². The Balaban J connectivity index is 1.84. The van der Waals surface area contributed by atoms with Gasteiger partial charge in [0, 0.05) is 11.4 Å². The minimum absolute atomic E-state index is 0.00612. The fraction of sp³-hybridized carbons (Fsp3) is 0.118. The molecule has 0 radical (unpaired) electrons. The van der Waals surface area contributed by atoms with Crippen LogP contribution < -0.4 is 10.6 Å². The third-order valence-electron chi connectivity index (χ3n) is 3.62. The predicted molar refractivity (Wildman–Crippen MR) is 104 cm³/mol. The molecule has 0 atom stereocenters. The van der Waals surface area contributed by atoms with Crippen molar-refractivity contribution < 1.29 is 13.0 Å². The molecule has 27 heavy (non-hydrogen) atoms. The number of nitrogens with one attached hydrogen (secondary N) is 2. The van der Waals surface area contributed by atoms with Crippen LogP contribution in [0.15, 0.2) is 47.4 Å². The van der Waals surface area contributed by atoms with E-state index in [9.17, 15) is 13.0 Å². The molecule has 0 aliphatic heterocycles. The first-order valence-electron chi connectivity index (χ1n) is 7.81. The van der Waals surface area contributed by atoms with Gasteiger partial charge in [-0.15, -0.1) is 0 Å². The van der Waals surface area contributed by atoms with Gasteiger partial charge in [0.1, 0.15) is 0 Å². The molecular weight excluding hydrogens is 390 g/mol. The van der Waals surface area contributed by atoms with Gasteiger partial charge in [0.05, 0.1) is 4.90 Å². The zero-order valence-electron chi connectivity index (χ0n) is 14.4. The molecule has 0 bridgehead atoms. The van der Waals surface area contributed by atoms with Crippen molar-refractivity contribution in [2.75, 3.05) is 10.6 Å². The molecule has 0 aliphatic carbocycles. The van der Waals surface area contributed by atoms with Crippen LogP contribution in [0.1, 0.15) is 11.1 Å². The van der Waals surface area contributed by atoms with Crippen LogP contribution in [0.25, 0.3) is 0 Å². The molecule has 10 heteroatoms. The van der Waals surface area contributed by atoms with Crippen LogP contribution in [0.4, 0.5) is 23.3 Å². The van der Waals surface area contributed by atoms with E-state index in [0.29, 0.717) is 11.3 Å². The number of halogens is 1. The van der Waals surface area contributed by atoms with Crippen LogP contribution in [0.3, 0.4) is 0 Å². The minimum Gasteiger partial charge on any atom is -0.324 e. The Morgan fingerprint density at radius 2 is 1.44 bits per heavy atom. The molecule has 3 N–H and O–H groups in total. The molecule has 0 fully saturated rings. The zero-order valence-corrected chi connectivity index (χ0v) is 16.0. The van der Waals surface area contributed by atoms with E-state index in [1.807, 2.05) is 31.2 Å². The molecule has 140 valence electrons. The van der Waals surface area contributed by atoms with Crippen molar-refractivity contribution in [1.82, 2.24) is 15.0 Å². The molecule has 0 spiro atoms. The standard InChI is InChI=1S/C17H16ClN5O3S/c1-10-3-5-12(6-4-10)19-16-21-15(18)22-17(23-16)20-13-7-8-14(11(2)9-13)27(24,25)26/h3-9H,1-2H3,(H,24,25,26)(H2,19,20,21,22,23). The van der Waals surface area contributed by atoms with Gasteiger partial charge in [-0.1, -0.05) is 17.7 Å². The third-order valence-corrected chi connectivity index (χ3v) is 4.81. The minimum atomic E-state index is -4.27. The number of rotatable bonds is 5. The summed E-state index contributed by atoms with van der Waals surface area (Å²) in [6.07, 6.45) is 0. The maximum Gasteiger partial charge on any atom is 0.294 e. The molecule has 8 nitrogen and oxygen atoms in total. The monoisotopic (exact) mass is 405 g/mol. The Hall–Kier alpha value is -2.75. The van der Waals surface area contributed by atoms with E-state index in [0.717, 1.165) is 11.3 Å². The van der Waals surface area contributed by atoms with Gasteiger partial charge in [-0.3, -0.25) is 4.55 Å². The van der Waals surface area contributed by atoms with Crippen molar-refractivity contribution in [1.29, 1.82) is 0 Å². The molecule has 1 heterocycles. The van der Waals surface area contributed by atoms with Crippen LogP contribution in [0.2, 0.25) is 5.28 Å². The number of aryl methyl sites for hydroxylation is 2. The van der Waals surface area contributed by atoms with Crippen LogP contribution in [-0.2, 0) is 10.1 Å². The topological polar surface area (TPSA) is 117 Å². The molecule has 3 aromatic rings. The Kier molecular flexibility index (Phi) is 5.26. The summed E-state index contributed by atoms with van der Waals surface area (Å²) in [5.74, 6) is 0.441. The largest absolute Gasteiger partial charge is 0.324 e. The molecule has 0 aliphatic rings. The maximum atomic E-state index is 11.3. The maximum absolute atomic E-state index is 11.3. The zero-order chi connectivity index (χ0) is 19.6. The van der Waals surface area contributed by atoms with E-state index < -0.39 is 10.1 Å². The average molecular weight is 406 g/mol. The van der Waals surface area contributed by atoms with Gasteiger partial charge in [-0.25, -0.2) is 0 Å². The second-order valence-corrected chi connectivity index (χ2v) is 7.55. The summed E-state index contributed by atoms with van der Waals surface area (Å²) < 4.78 is 31.7. The normalized spacial score (nSPS) is 11.3. The predicted octanol–water partition coefficient (Wildman–Crippen LogP) is 3.88. The number of hydrogen-bond donors (Lipinski definition) is 3. The molecular formula is C17H16ClN5O3S. The summed E-state index contributed by atoms with van der Waals surface area (Å²) in [6, 6.07) is 12.0. The first-order chi connectivity index (χ1) is 12.7. The number of anilines is 4. The van der Waals surface area contributed by atoms with Gasteiger partial charge >= 0.3 is 0 Å². The Bertz CT molecular complexity index is 1090. The number of aromatic nitrogens is 3. The highest BCUT2D eigenvalue weighted by molar-refractivity contribution is 7.85. The summed E-state index contributed by atoms with van der Waals surface area (Å²) in [4.78, 5) is 12.1. The second-order valence-electron chi connectivity index (χ2n) is 5.82. The van der Waals surface area contributed by atoms with E-state index in [-0.39, 0.29) is 22.1 Å². The first-order valence-corrected chi connectivity index (χ1v) is 9.63. The van der Waals surface area contributed by atoms with Crippen LogP contribution in [0, 0.1) is 13.8 Å². The first kappa shape index (κ1) is 19.0. The van der Waals surface area contributed by atoms with Crippen molar-refractivity contribution in [3.63, 3.8) is 0 Å². The van der Waals surface area contributed by atoms with E-state index in [2.05, 4.69) is 25.6 Å². The quantitative estimate of drug-likeness (QED) is 0.547. The van der Waals surface area contributed by atoms with Gasteiger partial charge in [0.15, 0.2) is 0 Å². The number of benzene rings is 2. The van der Waals surface area contributed by atoms with E-state index in [1.165, 1.54) is 12.1 Å². The second kappa shape index (κ2) is 7.47. The lowest BCUT2D eigenvalue weighted by Gasteiger charge is -2.10. The highest BCUT2D eigenvalue weighted by Crippen LogP contribution is 2.23. The fourth-order valence-electron chi connectivity index (χ4n) is 2.37. The lowest BCUT2D eigenvalue weighted by Crippen LogP contribution is -2.05. The van der Waals surface area contributed by atoms with Gasteiger partial charge < -0.3 is 10.6 Å². The lowest BCUT2D eigenvalue weighted by atomic mass is 10.2. The summed E-state index contributed by atoms with van der Waals surface area (Å²) in [6.45, 7) is 3.56. The summed E-state index contributed by atoms with van der Waals surface area (Å²) in [5.41, 5.74) is 2.83. The third kappa shape index (κ3) is 4.91. The number of nitrogens with zero attached hydrogens (tertiary/aromatic N) is 3. The van der Waals surface area contributed by atoms with E-state index in [1.54, 1.807) is 13.0 Å². The van der Waals surface area contributed by atoms with Gasteiger partial charge in [0.2, 0.25) is 17.2 Å². The van der Waals surface area contributed by atoms with Crippen LogP contribution in [-0.4, -0.2) is 27.9 Å². The van der Waals surface area contributed by atoms with Crippen molar-refractivity contribution in [2.45, 2.75) is 18.7 Å². The molecule has 0 unspecified atom stereocenters. The number of hydrogen-bond acceptors (Lipinski definition) is 7. The van der Waals surface area contributed by atoms with Crippen LogP contribution in [0.5, 0.6) is 0 Å². The van der Waals surface area contributed by atoms with Crippen molar-refractivity contribution in [3.8, 4) is 0 Å². The van der Waals surface area contributed by atoms with Crippen LogP contribution >= 0.6 is 11.6 Å². The van der Waals surface area contributed by atoms with E-state index in [4.69, 9.17) is 11.6 Å². The highest BCUT2D eigenvalue weighted by atomic mass is 35.5. The molecule has 0 amide bonds. The SMILES string of the molecule is Cc1ccc(Nc2nc(Cl)nc(Nc3ccc(S(=O)(=O)O)c(C)c3)n2)cc1. The average Bonchev–Trinajstić information content (AvgIpc) is 2.55. The summed E-state index contributed by atoms with van der Waals surface area (Å²) in [5, 5.41) is 5.97. The molecule has 1 aromatic heterocycles. The Labute approximate surface area is 161 Å².